The van der Waals surface area contributed by atoms with Crippen molar-refractivity contribution in [3.8, 4) is 39.6 Å². The SMILES string of the molecule is COc1ccc(-c2[nH]ncc2-c2cc(OC)cc(OC)c2)cc1. The minimum Gasteiger partial charge on any atom is -0.497 e. The van der Waals surface area contributed by atoms with Crippen molar-refractivity contribution in [1.29, 1.82) is 0 Å². The molecule has 0 aliphatic heterocycles. The molecule has 1 aromatic heterocycles. The lowest BCUT2D eigenvalue weighted by molar-refractivity contribution is 0.394. The molecule has 0 saturated carbocycles. The summed E-state index contributed by atoms with van der Waals surface area (Å²) in [6.45, 7) is 0. The van der Waals surface area contributed by atoms with Crippen molar-refractivity contribution in [2.75, 3.05) is 21.3 Å². The third kappa shape index (κ3) is 2.99. The van der Waals surface area contributed by atoms with E-state index < -0.39 is 0 Å². The summed E-state index contributed by atoms with van der Waals surface area (Å²) in [5.74, 6) is 2.29. The van der Waals surface area contributed by atoms with E-state index >= 15 is 0 Å². The molecule has 3 rings (SSSR count). The molecule has 5 heteroatoms. The van der Waals surface area contributed by atoms with Gasteiger partial charge in [-0.1, -0.05) is 0 Å². The molecule has 118 valence electrons. The van der Waals surface area contributed by atoms with Gasteiger partial charge in [0.2, 0.25) is 0 Å². The van der Waals surface area contributed by atoms with Gasteiger partial charge in [-0.25, -0.2) is 0 Å². The van der Waals surface area contributed by atoms with E-state index in [0.717, 1.165) is 39.6 Å². The van der Waals surface area contributed by atoms with Gasteiger partial charge in [-0.2, -0.15) is 5.10 Å². The highest BCUT2D eigenvalue weighted by Gasteiger charge is 2.12. The highest BCUT2D eigenvalue weighted by atomic mass is 16.5. The molecule has 3 aromatic rings. The number of rotatable bonds is 5. The largest absolute Gasteiger partial charge is 0.497 e. The number of aromatic amines is 1. The van der Waals surface area contributed by atoms with E-state index in [1.54, 1.807) is 27.5 Å². The van der Waals surface area contributed by atoms with Crippen LogP contribution in [0.3, 0.4) is 0 Å². The Balaban J connectivity index is 2.06. The molecule has 2 aromatic carbocycles. The van der Waals surface area contributed by atoms with Crippen LogP contribution in [0.25, 0.3) is 22.4 Å². The number of nitrogens with zero attached hydrogens (tertiary/aromatic N) is 1. The Hall–Kier alpha value is -2.95. The number of benzene rings is 2. The topological polar surface area (TPSA) is 56.4 Å². The van der Waals surface area contributed by atoms with Crippen molar-refractivity contribution in [3.63, 3.8) is 0 Å². The molecule has 0 bridgehead atoms. The van der Waals surface area contributed by atoms with Crippen molar-refractivity contribution in [2.24, 2.45) is 0 Å². The van der Waals surface area contributed by atoms with Crippen LogP contribution < -0.4 is 14.2 Å². The Morgan fingerprint density at radius 3 is 1.91 bits per heavy atom. The van der Waals surface area contributed by atoms with Crippen LogP contribution in [0.15, 0.2) is 48.7 Å². The standard InChI is InChI=1S/C18H18N2O3/c1-21-14-6-4-12(5-7-14)18-17(11-19-20-18)13-8-15(22-2)10-16(9-13)23-3/h4-11H,1-3H3,(H,19,20). The van der Waals surface area contributed by atoms with Crippen molar-refractivity contribution in [3.05, 3.63) is 48.7 Å². The van der Waals surface area contributed by atoms with E-state index in [4.69, 9.17) is 14.2 Å². The molecule has 0 unspecified atom stereocenters. The van der Waals surface area contributed by atoms with Crippen molar-refractivity contribution in [2.45, 2.75) is 0 Å². The van der Waals surface area contributed by atoms with Gasteiger partial charge in [0.15, 0.2) is 0 Å². The highest BCUT2D eigenvalue weighted by molar-refractivity contribution is 5.81. The maximum atomic E-state index is 5.34. The van der Waals surface area contributed by atoms with Crippen LogP contribution >= 0.6 is 0 Å². The molecule has 5 nitrogen and oxygen atoms in total. The Morgan fingerprint density at radius 1 is 0.739 bits per heavy atom. The van der Waals surface area contributed by atoms with E-state index in [0.29, 0.717) is 0 Å². The Labute approximate surface area is 134 Å². The van der Waals surface area contributed by atoms with E-state index in [-0.39, 0.29) is 0 Å². The first-order chi connectivity index (χ1) is 11.2. The van der Waals surface area contributed by atoms with Crippen LogP contribution in [0, 0.1) is 0 Å². The predicted molar refractivity (Wildman–Crippen MR) is 89.1 cm³/mol. The third-order valence-electron chi connectivity index (χ3n) is 3.68. The average molecular weight is 310 g/mol. The molecular weight excluding hydrogens is 292 g/mol. The maximum Gasteiger partial charge on any atom is 0.123 e. The first-order valence-corrected chi connectivity index (χ1v) is 7.16. The zero-order valence-electron chi connectivity index (χ0n) is 13.3. The fourth-order valence-corrected chi connectivity index (χ4v) is 2.45. The molecule has 0 fully saturated rings. The fourth-order valence-electron chi connectivity index (χ4n) is 2.45. The van der Waals surface area contributed by atoms with Crippen LogP contribution in [-0.4, -0.2) is 31.5 Å². The molecule has 0 spiro atoms. The Kier molecular flexibility index (Phi) is 4.19. The van der Waals surface area contributed by atoms with E-state index in [1.807, 2.05) is 42.5 Å². The van der Waals surface area contributed by atoms with Crippen molar-refractivity contribution in [1.82, 2.24) is 10.2 Å². The zero-order chi connectivity index (χ0) is 16.2. The number of methoxy groups -OCH3 is 3. The number of aromatic nitrogens is 2. The number of H-pyrrole nitrogens is 1. The predicted octanol–water partition coefficient (Wildman–Crippen LogP) is 3.77. The summed E-state index contributed by atoms with van der Waals surface area (Å²) in [6.07, 6.45) is 1.80. The summed E-state index contributed by atoms with van der Waals surface area (Å²) in [5, 5.41) is 7.25. The summed E-state index contributed by atoms with van der Waals surface area (Å²) in [7, 11) is 4.93. The lowest BCUT2D eigenvalue weighted by Crippen LogP contribution is -1.89. The molecule has 0 atom stereocenters. The Bertz CT molecular complexity index is 772. The van der Waals surface area contributed by atoms with Gasteiger partial charge in [-0.3, -0.25) is 5.10 Å². The molecule has 0 aliphatic carbocycles. The van der Waals surface area contributed by atoms with Gasteiger partial charge < -0.3 is 14.2 Å². The minimum absolute atomic E-state index is 0.737. The van der Waals surface area contributed by atoms with Gasteiger partial charge in [0.05, 0.1) is 33.2 Å². The molecular formula is C18H18N2O3. The van der Waals surface area contributed by atoms with Crippen molar-refractivity contribution < 1.29 is 14.2 Å². The summed E-state index contributed by atoms with van der Waals surface area (Å²) in [6, 6.07) is 13.6. The second-order valence-corrected chi connectivity index (χ2v) is 4.99. The van der Waals surface area contributed by atoms with E-state index in [9.17, 15) is 0 Å². The quantitative estimate of drug-likeness (QED) is 0.779. The summed E-state index contributed by atoms with van der Waals surface area (Å²) < 4.78 is 15.9. The highest BCUT2D eigenvalue weighted by Crippen LogP contribution is 2.35. The van der Waals surface area contributed by atoms with Gasteiger partial charge in [0, 0.05) is 17.2 Å². The molecule has 0 amide bonds. The van der Waals surface area contributed by atoms with Gasteiger partial charge >= 0.3 is 0 Å². The molecule has 1 heterocycles. The normalized spacial score (nSPS) is 10.4. The maximum absolute atomic E-state index is 5.34. The number of nitrogens with one attached hydrogen (secondary N) is 1. The lowest BCUT2D eigenvalue weighted by Gasteiger charge is -2.09. The molecule has 1 N–H and O–H groups in total. The van der Waals surface area contributed by atoms with E-state index in [1.165, 1.54) is 0 Å². The first-order valence-electron chi connectivity index (χ1n) is 7.16. The first kappa shape index (κ1) is 15.0. The number of hydrogen-bond acceptors (Lipinski definition) is 4. The summed E-state index contributed by atoms with van der Waals surface area (Å²) in [5.41, 5.74) is 3.91. The second kappa shape index (κ2) is 6.44. The average Bonchev–Trinajstić information content (AvgIpc) is 3.11. The second-order valence-electron chi connectivity index (χ2n) is 4.99. The summed E-state index contributed by atoms with van der Waals surface area (Å²) >= 11 is 0. The number of hydrogen-bond donors (Lipinski definition) is 1. The molecule has 0 saturated heterocycles. The lowest BCUT2D eigenvalue weighted by atomic mass is 10.0. The van der Waals surface area contributed by atoms with Crippen LogP contribution in [0.2, 0.25) is 0 Å². The van der Waals surface area contributed by atoms with Gasteiger partial charge in [0.25, 0.3) is 0 Å². The number of ether oxygens (including phenoxy) is 3. The minimum atomic E-state index is 0.737. The molecule has 0 radical (unpaired) electrons. The Morgan fingerprint density at radius 2 is 1.35 bits per heavy atom. The molecule has 23 heavy (non-hydrogen) atoms. The third-order valence-corrected chi connectivity index (χ3v) is 3.68. The fraction of sp³-hybridized carbons (Fsp3) is 0.167. The molecule has 0 aliphatic rings. The van der Waals surface area contributed by atoms with Crippen LogP contribution in [0.5, 0.6) is 17.2 Å². The van der Waals surface area contributed by atoms with Gasteiger partial charge in [-0.05, 0) is 42.0 Å². The zero-order valence-corrected chi connectivity index (χ0v) is 13.3. The van der Waals surface area contributed by atoms with Gasteiger partial charge in [-0.15, -0.1) is 0 Å². The van der Waals surface area contributed by atoms with Crippen LogP contribution in [0.4, 0.5) is 0 Å². The van der Waals surface area contributed by atoms with E-state index in [2.05, 4.69) is 10.2 Å². The van der Waals surface area contributed by atoms with Crippen molar-refractivity contribution >= 4 is 0 Å². The van der Waals surface area contributed by atoms with Crippen LogP contribution in [-0.2, 0) is 0 Å². The van der Waals surface area contributed by atoms with Crippen LogP contribution in [0.1, 0.15) is 0 Å². The van der Waals surface area contributed by atoms with Gasteiger partial charge in [0.1, 0.15) is 17.2 Å². The summed E-state index contributed by atoms with van der Waals surface area (Å²) in [4.78, 5) is 0. The smallest absolute Gasteiger partial charge is 0.123 e. The monoisotopic (exact) mass is 310 g/mol.